The minimum absolute atomic E-state index is 0.347. The summed E-state index contributed by atoms with van der Waals surface area (Å²) in [4.78, 5) is 2.62. The number of anilines is 1. The van der Waals surface area contributed by atoms with Crippen molar-refractivity contribution in [3.05, 3.63) is 23.3 Å². The highest BCUT2D eigenvalue weighted by Crippen LogP contribution is 2.22. The molecule has 0 aliphatic carbocycles. The molecule has 0 atom stereocenters. The van der Waals surface area contributed by atoms with E-state index in [1.807, 2.05) is 0 Å². The fourth-order valence-corrected chi connectivity index (χ4v) is 4.05. The van der Waals surface area contributed by atoms with Crippen LogP contribution in [0, 0.1) is 13.8 Å². The Morgan fingerprint density at radius 1 is 1.14 bits per heavy atom. The summed E-state index contributed by atoms with van der Waals surface area (Å²) in [6.45, 7) is 11.1. The highest BCUT2D eigenvalue weighted by molar-refractivity contribution is 7.89. The Morgan fingerprint density at radius 2 is 1.67 bits per heavy atom. The van der Waals surface area contributed by atoms with Crippen molar-refractivity contribution < 1.29 is 8.42 Å². The number of hydrogen-bond acceptors (Lipinski definition) is 4. The summed E-state index contributed by atoms with van der Waals surface area (Å²) in [6, 6.07) is 3.38. The molecular weight excluding hydrogens is 286 g/mol. The summed E-state index contributed by atoms with van der Waals surface area (Å²) in [5.74, 6) is 0. The first-order chi connectivity index (χ1) is 9.81. The number of rotatable bonds is 8. The van der Waals surface area contributed by atoms with Gasteiger partial charge in [-0.1, -0.05) is 13.8 Å². The maximum absolute atomic E-state index is 12.4. The van der Waals surface area contributed by atoms with Gasteiger partial charge in [-0.2, -0.15) is 0 Å². The highest BCUT2D eigenvalue weighted by Gasteiger charge is 2.19. The van der Waals surface area contributed by atoms with Gasteiger partial charge in [-0.15, -0.1) is 0 Å². The predicted octanol–water partition coefficient (Wildman–Crippen LogP) is 1.90. The van der Waals surface area contributed by atoms with Crippen molar-refractivity contribution in [2.24, 2.45) is 0 Å². The third kappa shape index (κ3) is 4.98. The number of nitrogens with two attached hydrogens (primary N) is 1. The van der Waals surface area contributed by atoms with Gasteiger partial charge in [0.1, 0.15) is 0 Å². The number of aryl methyl sites for hydroxylation is 2. The molecule has 21 heavy (non-hydrogen) atoms. The second-order valence-corrected chi connectivity index (χ2v) is 6.97. The molecule has 0 aromatic heterocycles. The molecule has 3 N–H and O–H groups in total. The van der Waals surface area contributed by atoms with E-state index in [1.165, 1.54) is 0 Å². The lowest BCUT2D eigenvalue weighted by Crippen LogP contribution is -2.30. The molecule has 0 bridgehead atoms. The van der Waals surface area contributed by atoms with Crippen LogP contribution < -0.4 is 10.5 Å². The second-order valence-electron chi connectivity index (χ2n) is 5.26. The molecule has 1 rings (SSSR count). The maximum Gasteiger partial charge on any atom is 0.241 e. The van der Waals surface area contributed by atoms with Gasteiger partial charge >= 0.3 is 0 Å². The van der Waals surface area contributed by atoms with E-state index in [0.717, 1.165) is 26.1 Å². The standard InChI is InChI=1S/C15H27N3O2S/c1-5-18(6-2)9-7-8-17-21(19,20)15-12(3)10-14(16)11-13(15)4/h10-11,17H,5-9,16H2,1-4H3. The molecule has 1 aromatic rings. The lowest BCUT2D eigenvalue weighted by molar-refractivity contribution is 0.300. The molecule has 0 aliphatic rings. The van der Waals surface area contributed by atoms with E-state index >= 15 is 0 Å². The quantitative estimate of drug-likeness (QED) is 0.568. The molecule has 0 saturated heterocycles. The summed E-state index contributed by atoms with van der Waals surface area (Å²) >= 11 is 0. The normalized spacial score (nSPS) is 12.0. The SMILES string of the molecule is CCN(CC)CCCNS(=O)(=O)c1c(C)cc(N)cc1C. The number of benzene rings is 1. The Morgan fingerprint density at radius 3 is 2.14 bits per heavy atom. The first kappa shape index (κ1) is 17.9. The second kappa shape index (κ2) is 7.77. The average molecular weight is 313 g/mol. The fraction of sp³-hybridized carbons (Fsp3) is 0.600. The van der Waals surface area contributed by atoms with Crippen LogP contribution in [0.5, 0.6) is 0 Å². The van der Waals surface area contributed by atoms with Crippen LogP contribution in [-0.2, 0) is 10.0 Å². The fourth-order valence-electron chi connectivity index (χ4n) is 2.53. The van der Waals surface area contributed by atoms with Gasteiger partial charge in [0.05, 0.1) is 4.90 Å². The topological polar surface area (TPSA) is 75.4 Å². The monoisotopic (exact) mass is 313 g/mol. The van der Waals surface area contributed by atoms with Crippen molar-refractivity contribution in [2.75, 3.05) is 31.9 Å². The van der Waals surface area contributed by atoms with Crippen LogP contribution in [0.4, 0.5) is 5.69 Å². The van der Waals surface area contributed by atoms with Crippen LogP contribution in [-0.4, -0.2) is 39.5 Å². The molecule has 0 saturated carbocycles. The number of nitrogens with one attached hydrogen (secondary N) is 1. The lowest BCUT2D eigenvalue weighted by Gasteiger charge is -2.18. The van der Waals surface area contributed by atoms with Crippen molar-refractivity contribution >= 4 is 15.7 Å². The molecule has 1 aromatic carbocycles. The van der Waals surface area contributed by atoms with Crippen LogP contribution >= 0.6 is 0 Å². The molecule has 0 spiro atoms. The molecule has 5 nitrogen and oxygen atoms in total. The van der Waals surface area contributed by atoms with Gasteiger partial charge in [0.15, 0.2) is 0 Å². The van der Waals surface area contributed by atoms with Crippen molar-refractivity contribution in [1.29, 1.82) is 0 Å². The average Bonchev–Trinajstić information content (AvgIpc) is 2.37. The minimum atomic E-state index is -3.47. The molecule has 6 heteroatoms. The van der Waals surface area contributed by atoms with E-state index in [0.29, 0.717) is 28.3 Å². The smallest absolute Gasteiger partial charge is 0.241 e. The van der Waals surface area contributed by atoms with Crippen molar-refractivity contribution in [2.45, 2.75) is 39.0 Å². The van der Waals surface area contributed by atoms with E-state index in [-0.39, 0.29) is 0 Å². The van der Waals surface area contributed by atoms with E-state index in [9.17, 15) is 8.42 Å². The maximum atomic E-state index is 12.4. The van der Waals surface area contributed by atoms with E-state index in [2.05, 4.69) is 23.5 Å². The number of nitrogen functional groups attached to an aromatic ring is 1. The number of sulfonamides is 1. The van der Waals surface area contributed by atoms with E-state index in [1.54, 1.807) is 26.0 Å². The van der Waals surface area contributed by atoms with Gasteiger partial charge in [0.25, 0.3) is 0 Å². The van der Waals surface area contributed by atoms with Crippen molar-refractivity contribution in [3.8, 4) is 0 Å². The molecule has 0 radical (unpaired) electrons. The summed E-state index contributed by atoms with van der Waals surface area (Å²) in [5.41, 5.74) is 7.69. The molecule has 120 valence electrons. The van der Waals surface area contributed by atoms with Gasteiger partial charge in [0.2, 0.25) is 10.0 Å². The first-order valence-electron chi connectivity index (χ1n) is 7.40. The van der Waals surface area contributed by atoms with Crippen molar-refractivity contribution in [1.82, 2.24) is 9.62 Å². The summed E-state index contributed by atoms with van der Waals surface area (Å²) in [6.07, 6.45) is 0.800. The molecule has 0 heterocycles. The van der Waals surface area contributed by atoms with E-state index < -0.39 is 10.0 Å². The van der Waals surface area contributed by atoms with Gasteiger partial charge in [-0.05, 0) is 63.2 Å². The summed E-state index contributed by atoms with van der Waals surface area (Å²) in [7, 11) is -3.47. The van der Waals surface area contributed by atoms with Gasteiger partial charge in [-0.25, -0.2) is 13.1 Å². The van der Waals surface area contributed by atoms with Crippen LogP contribution in [0.25, 0.3) is 0 Å². The third-order valence-corrected chi connectivity index (χ3v) is 5.35. The van der Waals surface area contributed by atoms with Crippen LogP contribution in [0.2, 0.25) is 0 Å². The third-order valence-electron chi connectivity index (χ3n) is 3.59. The van der Waals surface area contributed by atoms with Crippen LogP contribution in [0.1, 0.15) is 31.4 Å². The summed E-state index contributed by atoms with van der Waals surface area (Å²) in [5, 5.41) is 0. The molecular formula is C15H27N3O2S. The van der Waals surface area contributed by atoms with Crippen molar-refractivity contribution in [3.63, 3.8) is 0 Å². The predicted molar refractivity (Wildman–Crippen MR) is 87.9 cm³/mol. The highest BCUT2D eigenvalue weighted by atomic mass is 32.2. The number of hydrogen-bond donors (Lipinski definition) is 2. The Bertz CT molecular complexity index is 543. The zero-order valence-corrected chi connectivity index (χ0v) is 14.3. The number of nitrogens with zero attached hydrogens (tertiary/aromatic N) is 1. The zero-order chi connectivity index (χ0) is 16.0. The molecule has 0 aliphatic heterocycles. The van der Waals surface area contributed by atoms with Crippen LogP contribution in [0.15, 0.2) is 17.0 Å². The Hall–Kier alpha value is -1.11. The van der Waals surface area contributed by atoms with Gasteiger partial charge < -0.3 is 10.6 Å². The van der Waals surface area contributed by atoms with Gasteiger partial charge in [0, 0.05) is 12.2 Å². The van der Waals surface area contributed by atoms with E-state index in [4.69, 9.17) is 5.73 Å². The Balaban J connectivity index is 2.71. The largest absolute Gasteiger partial charge is 0.399 e. The molecule has 0 unspecified atom stereocenters. The first-order valence-corrected chi connectivity index (χ1v) is 8.88. The van der Waals surface area contributed by atoms with Crippen LogP contribution in [0.3, 0.4) is 0 Å². The Labute approximate surface area is 128 Å². The molecule has 0 amide bonds. The Kier molecular flexibility index (Phi) is 6.64. The van der Waals surface area contributed by atoms with Gasteiger partial charge in [-0.3, -0.25) is 0 Å². The minimum Gasteiger partial charge on any atom is -0.399 e. The lowest BCUT2D eigenvalue weighted by atomic mass is 10.1. The summed E-state index contributed by atoms with van der Waals surface area (Å²) < 4.78 is 27.5. The zero-order valence-electron chi connectivity index (χ0n) is 13.4. The molecule has 0 fully saturated rings.